The number of sulfonamides is 1. The van der Waals surface area contributed by atoms with Gasteiger partial charge in [0.05, 0.1) is 4.90 Å². The van der Waals surface area contributed by atoms with Crippen molar-refractivity contribution in [1.82, 2.24) is 4.31 Å². The fourth-order valence-corrected chi connectivity index (χ4v) is 5.98. The van der Waals surface area contributed by atoms with Crippen molar-refractivity contribution in [3.63, 3.8) is 0 Å². The van der Waals surface area contributed by atoms with Crippen LogP contribution >= 0.6 is 0 Å². The summed E-state index contributed by atoms with van der Waals surface area (Å²) in [6, 6.07) is 16.0. The molecule has 0 spiro atoms. The van der Waals surface area contributed by atoms with Crippen molar-refractivity contribution in [2.24, 2.45) is 5.73 Å². The van der Waals surface area contributed by atoms with E-state index in [1.165, 1.54) is 16.4 Å². The molecular weight excluding hydrogens is 441 g/mol. The maximum atomic E-state index is 14.2. The predicted molar refractivity (Wildman–Crippen MR) is 125 cm³/mol. The molecule has 172 valence electrons. The first-order chi connectivity index (χ1) is 15.7. The topological polar surface area (TPSA) is 92.5 Å². The smallest absolute Gasteiger partial charge is 0.244 e. The van der Waals surface area contributed by atoms with Crippen LogP contribution in [0.25, 0.3) is 0 Å². The summed E-state index contributed by atoms with van der Waals surface area (Å²) in [5.41, 5.74) is 9.28. The van der Waals surface area contributed by atoms with Crippen LogP contribution < -0.4 is 11.1 Å². The summed E-state index contributed by atoms with van der Waals surface area (Å²) >= 11 is 0. The van der Waals surface area contributed by atoms with Crippen molar-refractivity contribution < 1.29 is 17.6 Å². The second kappa shape index (κ2) is 9.05. The molecule has 3 aromatic carbocycles. The molecule has 33 heavy (non-hydrogen) atoms. The maximum Gasteiger partial charge on any atom is 0.244 e. The first-order valence-electron chi connectivity index (χ1n) is 10.7. The number of hydrogen-bond donors (Lipinski definition) is 2. The van der Waals surface area contributed by atoms with Crippen LogP contribution in [0.3, 0.4) is 0 Å². The van der Waals surface area contributed by atoms with Crippen molar-refractivity contribution in [2.45, 2.75) is 44.3 Å². The molecule has 0 saturated carbocycles. The van der Waals surface area contributed by atoms with Gasteiger partial charge >= 0.3 is 0 Å². The molecule has 6 nitrogen and oxygen atoms in total. The fourth-order valence-electron chi connectivity index (χ4n) is 4.10. The van der Waals surface area contributed by atoms with Crippen LogP contribution in [0.5, 0.6) is 0 Å². The van der Waals surface area contributed by atoms with E-state index in [4.69, 9.17) is 5.73 Å². The van der Waals surface area contributed by atoms with Crippen molar-refractivity contribution in [3.05, 3.63) is 94.3 Å². The standard InChI is InChI=1S/C25H26FN3O3S/c1-16-7-8-17(2)24(11-16)33(31,32)29-15-20-6-4-3-5-18(20)12-23(29)25(30)28-21-10-9-19(14-27)22(26)13-21/h3-11,13,23H,12,14-15,27H2,1-2H3,(H,28,30). The van der Waals surface area contributed by atoms with Crippen molar-refractivity contribution in [1.29, 1.82) is 0 Å². The SMILES string of the molecule is Cc1ccc(C)c(S(=O)(=O)N2Cc3ccccc3CC2C(=O)Nc2ccc(CN)c(F)c2)c1. The molecule has 1 unspecified atom stereocenters. The number of aryl methyl sites for hydroxylation is 2. The lowest BCUT2D eigenvalue weighted by atomic mass is 9.95. The van der Waals surface area contributed by atoms with E-state index >= 15 is 0 Å². The van der Waals surface area contributed by atoms with Crippen molar-refractivity contribution in [3.8, 4) is 0 Å². The first kappa shape index (κ1) is 23.1. The summed E-state index contributed by atoms with van der Waals surface area (Å²) in [6.07, 6.45) is 0.218. The van der Waals surface area contributed by atoms with E-state index in [1.807, 2.05) is 37.3 Å². The third-order valence-corrected chi connectivity index (χ3v) is 7.98. The number of nitrogens with one attached hydrogen (secondary N) is 1. The predicted octanol–water partition coefficient (Wildman–Crippen LogP) is 3.66. The number of halogens is 1. The molecule has 4 rings (SSSR count). The summed E-state index contributed by atoms with van der Waals surface area (Å²) in [7, 11) is -3.98. The Kier molecular flexibility index (Phi) is 6.34. The number of hydrogen-bond acceptors (Lipinski definition) is 4. The van der Waals surface area contributed by atoms with E-state index in [0.717, 1.165) is 16.7 Å². The van der Waals surface area contributed by atoms with Crippen LogP contribution in [0, 0.1) is 19.7 Å². The summed E-state index contributed by atoms with van der Waals surface area (Å²) in [5, 5.41) is 2.69. The summed E-state index contributed by atoms with van der Waals surface area (Å²) in [5.74, 6) is -1.04. The van der Waals surface area contributed by atoms with Gasteiger partial charge in [-0.3, -0.25) is 4.79 Å². The van der Waals surface area contributed by atoms with Gasteiger partial charge in [0.2, 0.25) is 15.9 Å². The van der Waals surface area contributed by atoms with Gasteiger partial charge in [-0.1, -0.05) is 42.5 Å². The highest BCUT2D eigenvalue weighted by Gasteiger charge is 2.40. The first-order valence-corrected chi connectivity index (χ1v) is 12.1. The van der Waals surface area contributed by atoms with Crippen LogP contribution in [-0.4, -0.2) is 24.7 Å². The molecule has 1 aliphatic rings. The van der Waals surface area contributed by atoms with Gasteiger partial charge < -0.3 is 11.1 Å². The van der Waals surface area contributed by atoms with Crippen molar-refractivity contribution >= 4 is 21.6 Å². The van der Waals surface area contributed by atoms with E-state index in [0.29, 0.717) is 11.1 Å². The molecule has 0 aliphatic carbocycles. The molecule has 8 heteroatoms. The van der Waals surface area contributed by atoms with Gasteiger partial charge in [-0.2, -0.15) is 4.31 Å². The third-order valence-electron chi connectivity index (χ3n) is 5.98. The molecule has 0 bridgehead atoms. The molecule has 1 heterocycles. The van der Waals surface area contributed by atoms with Crippen LogP contribution in [0.2, 0.25) is 0 Å². The second-order valence-corrected chi connectivity index (χ2v) is 10.2. The van der Waals surface area contributed by atoms with Gasteiger partial charge in [0, 0.05) is 24.3 Å². The summed E-state index contributed by atoms with van der Waals surface area (Å²) in [6.45, 7) is 3.68. The Morgan fingerprint density at radius 3 is 2.52 bits per heavy atom. The zero-order chi connectivity index (χ0) is 23.8. The zero-order valence-corrected chi connectivity index (χ0v) is 19.3. The van der Waals surface area contributed by atoms with E-state index in [2.05, 4.69) is 5.32 Å². The lowest BCUT2D eigenvalue weighted by molar-refractivity contribution is -0.120. The Hall–Kier alpha value is -3.07. The Labute approximate surface area is 193 Å². The van der Waals surface area contributed by atoms with Gasteiger partial charge in [-0.05, 0) is 60.7 Å². The number of rotatable bonds is 5. The molecular formula is C25H26FN3O3S. The average molecular weight is 468 g/mol. The third kappa shape index (κ3) is 4.55. The second-order valence-electron chi connectivity index (χ2n) is 8.31. The Morgan fingerprint density at radius 2 is 1.82 bits per heavy atom. The number of carbonyl (C=O) groups is 1. The number of anilines is 1. The fraction of sp³-hybridized carbons (Fsp3) is 0.240. The van der Waals surface area contributed by atoms with Crippen LogP contribution in [0.4, 0.5) is 10.1 Å². The van der Waals surface area contributed by atoms with E-state index in [9.17, 15) is 17.6 Å². The number of amides is 1. The van der Waals surface area contributed by atoms with Gasteiger partial charge in [0.15, 0.2) is 0 Å². The Morgan fingerprint density at radius 1 is 1.09 bits per heavy atom. The number of fused-ring (bicyclic) bond motifs is 1. The molecule has 0 radical (unpaired) electrons. The highest BCUT2D eigenvalue weighted by atomic mass is 32.2. The lowest BCUT2D eigenvalue weighted by Gasteiger charge is -2.35. The highest BCUT2D eigenvalue weighted by Crippen LogP contribution is 2.31. The Balaban J connectivity index is 1.73. The molecule has 0 aromatic heterocycles. The van der Waals surface area contributed by atoms with E-state index in [-0.39, 0.29) is 30.1 Å². The summed E-state index contributed by atoms with van der Waals surface area (Å²) in [4.78, 5) is 13.5. The molecule has 0 saturated heterocycles. The molecule has 3 aromatic rings. The van der Waals surface area contributed by atoms with Crippen molar-refractivity contribution in [2.75, 3.05) is 5.32 Å². The highest BCUT2D eigenvalue weighted by molar-refractivity contribution is 7.89. The van der Waals surface area contributed by atoms with E-state index in [1.54, 1.807) is 25.1 Å². The minimum absolute atomic E-state index is 0.0430. The van der Waals surface area contributed by atoms with E-state index < -0.39 is 27.8 Å². The van der Waals surface area contributed by atoms with Crippen LogP contribution in [-0.2, 0) is 34.3 Å². The minimum Gasteiger partial charge on any atom is -0.326 e. The Bertz CT molecular complexity index is 1320. The maximum absolute atomic E-state index is 14.2. The normalized spacial score (nSPS) is 16.3. The number of carbonyl (C=O) groups excluding carboxylic acids is 1. The quantitative estimate of drug-likeness (QED) is 0.599. The lowest BCUT2D eigenvalue weighted by Crippen LogP contribution is -2.50. The van der Waals surface area contributed by atoms with Crippen LogP contribution in [0.1, 0.15) is 27.8 Å². The van der Waals surface area contributed by atoms with Gasteiger partial charge in [0.25, 0.3) is 0 Å². The van der Waals surface area contributed by atoms with Gasteiger partial charge in [-0.25, -0.2) is 12.8 Å². The largest absolute Gasteiger partial charge is 0.326 e. The monoisotopic (exact) mass is 467 g/mol. The zero-order valence-electron chi connectivity index (χ0n) is 18.5. The number of benzene rings is 3. The molecule has 0 fully saturated rings. The molecule has 3 N–H and O–H groups in total. The molecule has 1 amide bonds. The minimum atomic E-state index is -3.98. The average Bonchev–Trinajstić information content (AvgIpc) is 2.79. The van der Waals surface area contributed by atoms with Gasteiger partial charge in [0.1, 0.15) is 11.9 Å². The number of nitrogens with zero attached hydrogens (tertiary/aromatic N) is 1. The van der Waals surface area contributed by atoms with Gasteiger partial charge in [-0.15, -0.1) is 0 Å². The van der Waals surface area contributed by atoms with Crippen LogP contribution in [0.15, 0.2) is 65.6 Å². The summed E-state index contributed by atoms with van der Waals surface area (Å²) < 4.78 is 42.9. The molecule has 1 atom stereocenters. The number of nitrogens with two attached hydrogens (primary N) is 1. The molecule has 1 aliphatic heterocycles.